The number of rotatable bonds is 2. The van der Waals surface area contributed by atoms with Crippen molar-refractivity contribution in [1.29, 1.82) is 0 Å². The first-order valence-electron chi connectivity index (χ1n) is 6.51. The second kappa shape index (κ2) is 5.05. The van der Waals surface area contributed by atoms with Crippen LogP contribution < -0.4 is 4.90 Å². The van der Waals surface area contributed by atoms with Crippen LogP contribution in [0.5, 0.6) is 0 Å². The first-order chi connectivity index (χ1) is 9.24. The van der Waals surface area contributed by atoms with Crippen LogP contribution in [0.2, 0.25) is 0 Å². The number of furan rings is 1. The molecule has 0 spiro atoms. The number of halogens is 1. The molecule has 0 radical (unpaired) electrons. The summed E-state index contributed by atoms with van der Waals surface area (Å²) in [4.78, 5) is 4.59. The van der Waals surface area contributed by atoms with Gasteiger partial charge in [0.1, 0.15) is 11.6 Å². The molecule has 0 saturated carbocycles. The molecule has 1 aliphatic heterocycles. The zero-order chi connectivity index (χ0) is 13.2. The number of likely N-dealkylation sites (N-methyl/N-ethyl adjacent to an activating group) is 1. The van der Waals surface area contributed by atoms with Gasteiger partial charge < -0.3 is 14.2 Å². The van der Waals surface area contributed by atoms with E-state index in [1.807, 2.05) is 18.2 Å². The molecular formula is C15H17FN2O. The van der Waals surface area contributed by atoms with Crippen molar-refractivity contribution in [3.8, 4) is 11.3 Å². The Morgan fingerprint density at radius 2 is 1.89 bits per heavy atom. The Balaban J connectivity index is 1.97. The fourth-order valence-electron chi connectivity index (χ4n) is 2.46. The van der Waals surface area contributed by atoms with Gasteiger partial charge in [0.15, 0.2) is 0 Å². The quantitative estimate of drug-likeness (QED) is 0.828. The normalized spacial score (nSPS) is 16.8. The lowest BCUT2D eigenvalue weighted by Gasteiger charge is -2.35. The van der Waals surface area contributed by atoms with Crippen LogP contribution in [-0.4, -0.2) is 38.1 Å². The molecule has 3 nitrogen and oxygen atoms in total. The Kier molecular flexibility index (Phi) is 3.25. The smallest absolute Gasteiger partial charge is 0.136 e. The SMILES string of the molecule is CN1CCN(c2ccc(F)cc2-c2ccco2)CC1. The fourth-order valence-corrected chi connectivity index (χ4v) is 2.46. The predicted octanol–water partition coefficient (Wildman–Crippen LogP) is 2.84. The molecule has 19 heavy (non-hydrogen) atoms. The van der Waals surface area contributed by atoms with Gasteiger partial charge in [0.25, 0.3) is 0 Å². The van der Waals surface area contributed by atoms with Gasteiger partial charge in [-0.25, -0.2) is 4.39 Å². The Morgan fingerprint density at radius 1 is 1.11 bits per heavy atom. The van der Waals surface area contributed by atoms with E-state index in [0.29, 0.717) is 5.76 Å². The molecule has 0 amide bonds. The monoisotopic (exact) mass is 260 g/mol. The Morgan fingerprint density at radius 3 is 2.58 bits per heavy atom. The highest BCUT2D eigenvalue weighted by Gasteiger charge is 2.19. The summed E-state index contributed by atoms with van der Waals surface area (Å²) in [6.07, 6.45) is 1.62. The van der Waals surface area contributed by atoms with Crippen molar-refractivity contribution in [2.75, 3.05) is 38.1 Å². The molecule has 100 valence electrons. The van der Waals surface area contributed by atoms with Crippen molar-refractivity contribution in [3.05, 3.63) is 42.4 Å². The second-order valence-corrected chi connectivity index (χ2v) is 4.93. The molecule has 0 aliphatic carbocycles. The van der Waals surface area contributed by atoms with Crippen LogP contribution in [-0.2, 0) is 0 Å². The van der Waals surface area contributed by atoms with Gasteiger partial charge >= 0.3 is 0 Å². The standard InChI is InChI=1S/C15H17FN2O/c1-17-6-8-18(9-7-17)14-5-4-12(16)11-13(14)15-3-2-10-19-15/h2-5,10-11H,6-9H2,1H3. The van der Waals surface area contributed by atoms with E-state index in [9.17, 15) is 4.39 Å². The molecule has 0 unspecified atom stereocenters. The third kappa shape index (κ3) is 2.49. The van der Waals surface area contributed by atoms with Gasteiger partial charge in [-0.05, 0) is 37.4 Å². The highest BCUT2D eigenvalue weighted by Crippen LogP contribution is 2.32. The molecule has 1 aliphatic rings. The van der Waals surface area contributed by atoms with E-state index in [0.717, 1.165) is 37.4 Å². The van der Waals surface area contributed by atoms with Crippen LogP contribution in [0.25, 0.3) is 11.3 Å². The number of hydrogen-bond acceptors (Lipinski definition) is 3. The molecule has 2 heterocycles. The van der Waals surface area contributed by atoms with Gasteiger partial charge in [-0.1, -0.05) is 0 Å². The highest BCUT2D eigenvalue weighted by molar-refractivity contribution is 5.75. The summed E-state index contributed by atoms with van der Waals surface area (Å²) in [6, 6.07) is 8.60. The van der Waals surface area contributed by atoms with Crippen LogP contribution in [0.3, 0.4) is 0 Å². The van der Waals surface area contributed by atoms with Gasteiger partial charge in [0, 0.05) is 37.4 Å². The largest absolute Gasteiger partial charge is 0.464 e. The average Bonchev–Trinajstić information content (AvgIpc) is 2.94. The number of hydrogen-bond donors (Lipinski definition) is 0. The van der Waals surface area contributed by atoms with Crippen molar-refractivity contribution in [2.24, 2.45) is 0 Å². The van der Waals surface area contributed by atoms with Gasteiger partial charge in [-0.2, -0.15) is 0 Å². The third-order valence-corrected chi connectivity index (χ3v) is 3.59. The molecule has 3 rings (SSSR count). The summed E-state index contributed by atoms with van der Waals surface area (Å²) in [5.74, 6) is 0.484. The maximum Gasteiger partial charge on any atom is 0.136 e. The van der Waals surface area contributed by atoms with Crippen LogP contribution in [0.4, 0.5) is 10.1 Å². The molecule has 1 saturated heterocycles. The zero-order valence-electron chi connectivity index (χ0n) is 11.0. The summed E-state index contributed by atoms with van der Waals surface area (Å²) < 4.78 is 18.9. The summed E-state index contributed by atoms with van der Waals surface area (Å²) in [6.45, 7) is 3.95. The van der Waals surface area contributed by atoms with Crippen molar-refractivity contribution in [2.45, 2.75) is 0 Å². The molecule has 0 atom stereocenters. The number of piperazine rings is 1. The van der Waals surface area contributed by atoms with Crippen LogP contribution in [0, 0.1) is 5.82 Å². The lowest BCUT2D eigenvalue weighted by atomic mass is 10.1. The molecule has 1 aromatic heterocycles. The Bertz CT molecular complexity index is 545. The van der Waals surface area contributed by atoms with Crippen molar-refractivity contribution < 1.29 is 8.81 Å². The van der Waals surface area contributed by atoms with E-state index in [2.05, 4.69) is 16.8 Å². The minimum atomic E-state index is -0.232. The van der Waals surface area contributed by atoms with Crippen molar-refractivity contribution in [3.63, 3.8) is 0 Å². The molecular weight excluding hydrogens is 243 g/mol. The van der Waals surface area contributed by atoms with Gasteiger partial charge in [0.2, 0.25) is 0 Å². The molecule has 1 fully saturated rings. The summed E-state index contributed by atoms with van der Waals surface area (Å²) in [7, 11) is 2.12. The van der Waals surface area contributed by atoms with Crippen LogP contribution in [0.15, 0.2) is 41.0 Å². The lowest BCUT2D eigenvalue weighted by Crippen LogP contribution is -2.44. The zero-order valence-corrected chi connectivity index (χ0v) is 11.0. The van der Waals surface area contributed by atoms with E-state index in [-0.39, 0.29) is 5.82 Å². The highest BCUT2D eigenvalue weighted by atomic mass is 19.1. The van der Waals surface area contributed by atoms with E-state index in [1.54, 1.807) is 12.3 Å². The Labute approximate surface area is 112 Å². The minimum Gasteiger partial charge on any atom is -0.464 e. The molecule has 2 aromatic rings. The summed E-state index contributed by atoms with van der Waals surface area (Å²) in [5, 5.41) is 0. The lowest BCUT2D eigenvalue weighted by molar-refractivity contribution is 0.313. The van der Waals surface area contributed by atoms with Gasteiger partial charge in [-0.3, -0.25) is 0 Å². The number of nitrogens with zero attached hydrogens (tertiary/aromatic N) is 2. The molecule has 1 aromatic carbocycles. The maximum absolute atomic E-state index is 13.5. The Hall–Kier alpha value is -1.81. The minimum absolute atomic E-state index is 0.232. The first kappa shape index (κ1) is 12.2. The third-order valence-electron chi connectivity index (χ3n) is 3.59. The average molecular weight is 260 g/mol. The van der Waals surface area contributed by atoms with Gasteiger partial charge in [-0.15, -0.1) is 0 Å². The number of anilines is 1. The molecule has 4 heteroatoms. The number of benzene rings is 1. The molecule has 0 N–H and O–H groups in total. The summed E-state index contributed by atoms with van der Waals surface area (Å²) in [5.41, 5.74) is 1.87. The van der Waals surface area contributed by atoms with Crippen molar-refractivity contribution in [1.82, 2.24) is 4.90 Å². The second-order valence-electron chi connectivity index (χ2n) is 4.93. The maximum atomic E-state index is 13.5. The topological polar surface area (TPSA) is 19.6 Å². The van der Waals surface area contributed by atoms with Crippen LogP contribution in [0.1, 0.15) is 0 Å². The first-order valence-corrected chi connectivity index (χ1v) is 6.51. The van der Waals surface area contributed by atoms with E-state index < -0.39 is 0 Å². The summed E-state index contributed by atoms with van der Waals surface area (Å²) >= 11 is 0. The van der Waals surface area contributed by atoms with Crippen LogP contribution >= 0.6 is 0 Å². The fraction of sp³-hybridized carbons (Fsp3) is 0.333. The van der Waals surface area contributed by atoms with E-state index >= 15 is 0 Å². The van der Waals surface area contributed by atoms with E-state index in [1.165, 1.54) is 6.07 Å². The molecule has 0 bridgehead atoms. The van der Waals surface area contributed by atoms with E-state index in [4.69, 9.17) is 4.42 Å². The predicted molar refractivity (Wildman–Crippen MR) is 73.8 cm³/mol. The van der Waals surface area contributed by atoms with Gasteiger partial charge in [0.05, 0.1) is 6.26 Å². The van der Waals surface area contributed by atoms with Crippen molar-refractivity contribution >= 4 is 5.69 Å².